The molecule has 1 heterocycles. The van der Waals surface area contributed by atoms with Crippen LogP contribution in [0.15, 0.2) is 23.1 Å². The molecule has 0 amide bonds. The number of ether oxygens (including phenoxy) is 3. The number of rotatable bonds is 9. The number of esters is 1. The van der Waals surface area contributed by atoms with Gasteiger partial charge in [0.15, 0.2) is 0 Å². The first kappa shape index (κ1) is 21.5. The topological polar surface area (TPSA) is 85.4 Å². The molecule has 1 unspecified atom stereocenters. The Balaban J connectivity index is 2.29. The minimum Gasteiger partial charge on any atom is -0.466 e. The molecule has 1 atom stereocenters. The van der Waals surface area contributed by atoms with Crippen LogP contribution >= 0.6 is 0 Å². The molecular formula is C16H20F3NO6S. The van der Waals surface area contributed by atoms with Crippen LogP contribution in [0.5, 0.6) is 5.75 Å². The molecule has 0 N–H and O–H groups in total. The van der Waals surface area contributed by atoms with Crippen LogP contribution in [0.25, 0.3) is 0 Å². The highest BCUT2D eigenvalue weighted by Crippen LogP contribution is 2.29. The molecule has 0 aliphatic carbocycles. The molecule has 0 bridgehead atoms. The zero-order valence-corrected chi connectivity index (χ0v) is 15.6. The lowest BCUT2D eigenvalue weighted by atomic mass is 10.1. The van der Waals surface area contributed by atoms with Gasteiger partial charge in [0.1, 0.15) is 5.75 Å². The predicted molar refractivity (Wildman–Crippen MR) is 87.6 cm³/mol. The molecule has 11 heteroatoms. The number of hydrogen-bond donors (Lipinski definition) is 0. The molecular weight excluding hydrogens is 391 g/mol. The summed E-state index contributed by atoms with van der Waals surface area (Å²) in [7, 11) is -2.74. The fourth-order valence-electron chi connectivity index (χ4n) is 2.33. The van der Waals surface area contributed by atoms with Gasteiger partial charge in [0.2, 0.25) is 10.0 Å². The number of carbonyl (C=O) groups is 1. The van der Waals surface area contributed by atoms with Gasteiger partial charge >= 0.3 is 12.3 Å². The quantitative estimate of drug-likeness (QED) is 0.457. The van der Waals surface area contributed by atoms with Crippen LogP contribution in [0.4, 0.5) is 13.2 Å². The number of nitrogens with zero attached hydrogens (tertiary/aromatic N) is 1. The van der Waals surface area contributed by atoms with Crippen LogP contribution < -0.4 is 4.74 Å². The number of epoxide rings is 1. The summed E-state index contributed by atoms with van der Waals surface area (Å²) in [5.74, 6) is -1.20. The van der Waals surface area contributed by atoms with Gasteiger partial charge in [-0.05, 0) is 31.0 Å². The molecule has 7 nitrogen and oxygen atoms in total. The molecule has 1 aliphatic heterocycles. The highest BCUT2D eigenvalue weighted by Gasteiger charge is 2.33. The van der Waals surface area contributed by atoms with Crippen LogP contribution in [-0.2, 0) is 30.7 Å². The lowest BCUT2D eigenvalue weighted by molar-refractivity contribution is -0.274. The zero-order valence-electron chi connectivity index (χ0n) is 14.8. The molecule has 1 aliphatic rings. The molecule has 1 saturated heterocycles. The summed E-state index contributed by atoms with van der Waals surface area (Å²) in [6.07, 6.45) is -5.29. The molecule has 0 radical (unpaired) electrons. The van der Waals surface area contributed by atoms with Crippen molar-refractivity contribution in [2.45, 2.75) is 37.1 Å². The van der Waals surface area contributed by atoms with Crippen molar-refractivity contribution < 1.29 is 40.6 Å². The fraction of sp³-hybridized carbons (Fsp3) is 0.562. The van der Waals surface area contributed by atoms with Crippen molar-refractivity contribution in [3.05, 3.63) is 23.8 Å². The third kappa shape index (κ3) is 6.67. The fourth-order valence-corrected chi connectivity index (χ4v) is 3.62. The largest absolute Gasteiger partial charge is 0.573 e. The Kier molecular flexibility index (Phi) is 6.71. The maximum absolute atomic E-state index is 12.6. The van der Waals surface area contributed by atoms with E-state index in [1.165, 1.54) is 13.1 Å². The lowest BCUT2D eigenvalue weighted by Crippen LogP contribution is -2.30. The molecule has 27 heavy (non-hydrogen) atoms. The second-order valence-electron chi connectivity index (χ2n) is 5.91. The van der Waals surface area contributed by atoms with E-state index in [1.807, 2.05) is 0 Å². The van der Waals surface area contributed by atoms with Crippen LogP contribution in [-0.4, -0.2) is 58.0 Å². The van der Waals surface area contributed by atoms with E-state index in [0.717, 1.165) is 16.4 Å². The molecule has 0 spiro atoms. The lowest BCUT2D eigenvalue weighted by Gasteiger charge is -2.18. The van der Waals surface area contributed by atoms with Crippen molar-refractivity contribution in [1.82, 2.24) is 4.31 Å². The molecule has 1 aromatic carbocycles. The summed E-state index contributed by atoms with van der Waals surface area (Å²) >= 11 is 0. The summed E-state index contributed by atoms with van der Waals surface area (Å²) in [5.41, 5.74) is 0.208. The van der Waals surface area contributed by atoms with E-state index in [-0.39, 0.29) is 42.6 Å². The third-order valence-corrected chi connectivity index (χ3v) is 5.47. The van der Waals surface area contributed by atoms with E-state index < -0.39 is 28.1 Å². The Labute approximate surface area is 155 Å². The summed E-state index contributed by atoms with van der Waals surface area (Å²) in [6, 6.07) is 3.08. The smallest absolute Gasteiger partial charge is 0.466 e. The van der Waals surface area contributed by atoms with Crippen molar-refractivity contribution in [2.75, 3.05) is 26.8 Å². The van der Waals surface area contributed by atoms with Gasteiger partial charge in [-0.3, -0.25) is 4.79 Å². The maximum Gasteiger partial charge on any atom is 0.573 e. The van der Waals surface area contributed by atoms with Crippen molar-refractivity contribution in [3.63, 3.8) is 0 Å². The standard InChI is InChI=1S/C16H20F3NO6S/c1-3-24-15(21)5-4-11-6-12(26-16(17,18)19)8-14(7-11)27(22,23)20(2)9-13-10-25-13/h6-8,13H,3-5,9-10H2,1-2H3. The Morgan fingerprint density at radius 1 is 1.33 bits per heavy atom. The van der Waals surface area contributed by atoms with Gasteiger partial charge in [0.25, 0.3) is 0 Å². The molecule has 2 rings (SSSR count). The van der Waals surface area contributed by atoms with E-state index in [1.54, 1.807) is 6.92 Å². The van der Waals surface area contributed by atoms with Gasteiger partial charge in [-0.1, -0.05) is 0 Å². The normalized spacial score (nSPS) is 17.0. The number of benzene rings is 1. The first-order valence-corrected chi connectivity index (χ1v) is 9.58. The average molecular weight is 411 g/mol. The van der Waals surface area contributed by atoms with Crippen molar-refractivity contribution >= 4 is 16.0 Å². The van der Waals surface area contributed by atoms with E-state index >= 15 is 0 Å². The summed E-state index contributed by atoms with van der Waals surface area (Å²) < 4.78 is 77.7. The molecule has 1 fully saturated rings. The molecule has 152 valence electrons. The SMILES string of the molecule is CCOC(=O)CCc1cc(OC(F)(F)F)cc(S(=O)(=O)N(C)CC2CO2)c1. The van der Waals surface area contributed by atoms with Gasteiger partial charge in [-0.25, -0.2) is 8.42 Å². The minimum atomic E-state index is -4.98. The van der Waals surface area contributed by atoms with Gasteiger partial charge in [0, 0.05) is 26.1 Å². The summed E-state index contributed by atoms with van der Waals surface area (Å²) in [6.45, 7) is 2.32. The number of sulfonamides is 1. The maximum atomic E-state index is 12.6. The Hall–Kier alpha value is -1.85. The minimum absolute atomic E-state index is 0.00581. The number of carbonyl (C=O) groups excluding carboxylic acids is 1. The van der Waals surface area contributed by atoms with Crippen LogP contribution in [0, 0.1) is 0 Å². The second kappa shape index (κ2) is 8.44. The first-order chi connectivity index (χ1) is 12.5. The molecule has 0 aromatic heterocycles. The van der Waals surface area contributed by atoms with Crippen molar-refractivity contribution in [3.8, 4) is 5.75 Å². The number of alkyl halides is 3. The highest BCUT2D eigenvalue weighted by molar-refractivity contribution is 7.89. The number of halogens is 3. The van der Waals surface area contributed by atoms with Gasteiger partial charge in [0.05, 0.1) is 24.2 Å². The van der Waals surface area contributed by atoms with Gasteiger partial charge in [-0.15, -0.1) is 13.2 Å². The van der Waals surface area contributed by atoms with Crippen molar-refractivity contribution in [2.24, 2.45) is 0 Å². The third-order valence-electron chi connectivity index (χ3n) is 3.67. The van der Waals surface area contributed by atoms with E-state index in [2.05, 4.69) is 4.74 Å². The average Bonchev–Trinajstić information content (AvgIpc) is 3.35. The molecule has 1 aromatic rings. The Bertz CT molecular complexity index is 777. The van der Waals surface area contributed by atoms with Crippen LogP contribution in [0.1, 0.15) is 18.9 Å². The van der Waals surface area contributed by atoms with E-state index in [4.69, 9.17) is 9.47 Å². The van der Waals surface area contributed by atoms with Crippen LogP contribution in [0.3, 0.4) is 0 Å². The van der Waals surface area contributed by atoms with Crippen molar-refractivity contribution in [1.29, 1.82) is 0 Å². The van der Waals surface area contributed by atoms with E-state index in [0.29, 0.717) is 6.61 Å². The zero-order chi connectivity index (χ0) is 20.2. The Morgan fingerprint density at radius 3 is 2.56 bits per heavy atom. The van der Waals surface area contributed by atoms with E-state index in [9.17, 15) is 26.4 Å². The number of aryl methyl sites for hydroxylation is 1. The molecule has 0 saturated carbocycles. The first-order valence-electron chi connectivity index (χ1n) is 8.14. The predicted octanol–water partition coefficient (Wildman–Crippen LogP) is 2.10. The number of likely N-dealkylation sites (N-methyl/N-ethyl adjacent to an activating group) is 1. The second-order valence-corrected chi connectivity index (χ2v) is 7.95. The van der Waals surface area contributed by atoms with Crippen LogP contribution in [0.2, 0.25) is 0 Å². The monoisotopic (exact) mass is 411 g/mol. The number of hydrogen-bond acceptors (Lipinski definition) is 6. The van der Waals surface area contributed by atoms with Gasteiger partial charge in [-0.2, -0.15) is 4.31 Å². The Morgan fingerprint density at radius 2 is 2.00 bits per heavy atom. The summed E-state index contributed by atoms with van der Waals surface area (Å²) in [5, 5.41) is 0. The summed E-state index contributed by atoms with van der Waals surface area (Å²) in [4.78, 5) is 11.1. The van der Waals surface area contributed by atoms with Gasteiger partial charge < -0.3 is 14.2 Å². The highest BCUT2D eigenvalue weighted by atomic mass is 32.2.